The van der Waals surface area contributed by atoms with Gasteiger partial charge in [0.15, 0.2) is 0 Å². The molecule has 0 fully saturated rings. The van der Waals surface area contributed by atoms with Crippen LogP contribution in [0.15, 0.2) is 136 Å². The third-order valence-corrected chi connectivity index (χ3v) is 9.01. The first kappa shape index (κ1) is 22.8. The quantitative estimate of drug-likeness (QED) is 0.223. The van der Waals surface area contributed by atoms with Crippen LogP contribution in [-0.2, 0) is 0 Å². The van der Waals surface area contributed by atoms with Crippen molar-refractivity contribution < 1.29 is 0 Å². The van der Waals surface area contributed by atoms with E-state index in [1.54, 1.807) is 58.8 Å². The van der Waals surface area contributed by atoms with Gasteiger partial charge in [-0.1, -0.05) is 35.3 Å². The fourth-order valence-corrected chi connectivity index (χ4v) is 6.11. The van der Waals surface area contributed by atoms with E-state index in [4.69, 9.17) is 0 Å². The molecule has 5 heteroatoms. The van der Waals surface area contributed by atoms with Gasteiger partial charge in [0.2, 0.25) is 0 Å². The topological polar surface area (TPSA) is 0 Å². The number of hydrogen-bond donors (Lipinski definition) is 0. The van der Waals surface area contributed by atoms with E-state index < -0.39 is 0 Å². The lowest BCUT2D eigenvalue weighted by Crippen LogP contribution is -1.78. The number of benzene rings is 4. The largest absolute Gasteiger partial charge is 0.130 e. The van der Waals surface area contributed by atoms with Crippen LogP contribution in [0.25, 0.3) is 0 Å². The molecule has 0 amide bonds. The minimum Gasteiger partial charge on any atom is -0.130 e. The van der Waals surface area contributed by atoms with Gasteiger partial charge >= 0.3 is 0 Å². The second-order valence-corrected chi connectivity index (χ2v) is 11.8. The molecular weight excluding hydrogens is 473 g/mol. The summed E-state index contributed by atoms with van der Waals surface area (Å²) in [4.78, 5) is 10.2. The molecule has 0 atom stereocenters. The predicted molar refractivity (Wildman–Crippen MR) is 142 cm³/mol. The minimum atomic E-state index is 1.26. The van der Waals surface area contributed by atoms with Gasteiger partial charge in [0.05, 0.1) is 0 Å². The Hall–Kier alpha value is -1.37. The fourth-order valence-electron chi connectivity index (χ4n) is 2.85. The smallest absolute Gasteiger partial charge is 0.0123 e. The average molecular weight is 495 g/mol. The van der Waals surface area contributed by atoms with Gasteiger partial charge in [-0.3, -0.25) is 0 Å². The Bertz CT molecular complexity index is 996. The molecule has 0 saturated heterocycles. The molecule has 0 radical (unpaired) electrons. The zero-order valence-corrected chi connectivity index (χ0v) is 21.4. The van der Waals surface area contributed by atoms with Crippen molar-refractivity contribution in [2.24, 2.45) is 0 Å². The van der Waals surface area contributed by atoms with Gasteiger partial charge in [-0.15, -0.1) is 23.5 Å². The van der Waals surface area contributed by atoms with Crippen molar-refractivity contribution in [3.05, 3.63) is 97.1 Å². The van der Waals surface area contributed by atoms with Crippen LogP contribution in [0, 0.1) is 0 Å². The molecule has 0 nitrogen and oxygen atoms in total. The van der Waals surface area contributed by atoms with Crippen LogP contribution in [-0.4, -0.2) is 12.5 Å². The van der Waals surface area contributed by atoms with Gasteiger partial charge in [0, 0.05) is 39.2 Å². The molecule has 31 heavy (non-hydrogen) atoms. The third-order valence-electron chi connectivity index (χ3n) is 4.47. The molecule has 0 saturated carbocycles. The molecule has 0 bridgehead atoms. The van der Waals surface area contributed by atoms with Crippen molar-refractivity contribution in [3.63, 3.8) is 0 Å². The summed E-state index contributed by atoms with van der Waals surface area (Å²) in [6.45, 7) is 0. The summed E-state index contributed by atoms with van der Waals surface area (Å²) < 4.78 is 0. The molecule has 4 aromatic rings. The van der Waals surface area contributed by atoms with Crippen molar-refractivity contribution in [1.82, 2.24) is 0 Å². The molecular formula is C26H22S5. The first-order chi connectivity index (χ1) is 15.2. The number of hydrogen-bond acceptors (Lipinski definition) is 5. The Morgan fingerprint density at radius 1 is 0.290 bits per heavy atom. The lowest BCUT2D eigenvalue weighted by Gasteiger charge is -2.07. The summed E-state index contributed by atoms with van der Waals surface area (Å²) in [5, 5.41) is 0. The van der Waals surface area contributed by atoms with Gasteiger partial charge in [-0.05, 0) is 110 Å². The lowest BCUT2D eigenvalue weighted by atomic mass is 10.4. The van der Waals surface area contributed by atoms with Crippen molar-refractivity contribution in [1.29, 1.82) is 0 Å². The van der Waals surface area contributed by atoms with Crippen LogP contribution in [0.3, 0.4) is 0 Å². The Morgan fingerprint density at radius 3 is 0.613 bits per heavy atom. The summed E-state index contributed by atoms with van der Waals surface area (Å²) in [5.74, 6) is 0. The van der Waals surface area contributed by atoms with Gasteiger partial charge < -0.3 is 0 Å². The lowest BCUT2D eigenvalue weighted by molar-refractivity contribution is 1.30. The van der Waals surface area contributed by atoms with Crippen LogP contribution in [0.2, 0.25) is 0 Å². The van der Waals surface area contributed by atoms with Crippen LogP contribution < -0.4 is 0 Å². The average Bonchev–Trinajstić information content (AvgIpc) is 2.82. The van der Waals surface area contributed by atoms with Crippen molar-refractivity contribution in [2.45, 2.75) is 39.2 Å². The maximum absolute atomic E-state index is 2.21. The summed E-state index contributed by atoms with van der Waals surface area (Å²) in [6.07, 6.45) is 4.21. The van der Waals surface area contributed by atoms with Gasteiger partial charge in [0.1, 0.15) is 0 Å². The normalized spacial score (nSPS) is 10.9. The highest BCUT2D eigenvalue weighted by Crippen LogP contribution is 2.35. The maximum atomic E-state index is 2.21. The summed E-state index contributed by atoms with van der Waals surface area (Å²) >= 11 is 8.96. The number of rotatable bonds is 8. The van der Waals surface area contributed by atoms with Crippen LogP contribution in [0.4, 0.5) is 0 Å². The van der Waals surface area contributed by atoms with E-state index in [9.17, 15) is 0 Å². The molecule has 0 unspecified atom stereocenters. The highest BCUT2D eigenvalue weighted by atomic mass is 32.2. The van der Waals surface area contributed by atoms with E-state index in [2.05, 4.69) is 110 Å². The Morgan fingerprint density at radius 2 is 0.452 bits per heavy atom. The first-order valence-corrected chi connectivity index (χ1v) is 14.6. The van der Waals surface area contributed by atoms with E-state index in [1.165, 1.54) is 39.2 Å². The summed E-state index contributed by atoms with van der Waals surface area (Å²) in [7, 11) is 0. The summed E-state index contributed by atoms with van der Waals surface area (Å²) in [6, 6.07) is 35.1. The maximum Gasteiger partial charge on any atom is 0.0123 e. The Kier molecular flexibility index (Phi) is 8.45. The summed E-state index contributed by atoms with van der Waals surface area (Å²) in [5.41, 5.74) is 0. The van der Waals surface area contributed by atoms with E-state index in [1.807, 2.05) is 0 Å². The van der Waals surface area contributed by atoms with Crippen molar-refractivity contribution >= 4 is 58.8 Å². The van der Waals surface area contributed by atoms with Gasteiger partial charge in [-0.2, -0.15) is 0 Å². The minimum absolute atomic E-state index is 1.26. The molecule has 0 N–H and O–H groups in total. The molecule has 0 spiro atoms. The first-order valence-electron chi connectivity index (χ1n) is 9.73. The van der Waals surface area contributed by atoms with Crippen LogP contribution in [0.5, 0.6) is 0 Å². The van der Waals surface area contributed by atoms with E-state index >= 15 is 0 Å². The van der Waals surface area contributed by atoms with E-state index in [-0.39, 0.29) is 0 Å². The van der Waals surface area contributed by atoms with Gasteiger partial charge in [0.25, 0.3) is 0 Å². The molecule has 0 heterocycles. The van der Waals surface area contributed by atoms with E-state index in [0.29, 0.717) is 0 Å². The standard InChI is InChI=1S/C26H22S5/c1-27-19-3-7-21(8-4-19)29-23-11-15-25(16-12-23)31-26-17-13-24(14-18-26)30-22-9-5-20(28-2)6-10-22/h3-18H,1-2H3. The molecule has 0 aliphatic rings. The monoisotopic (exact) mass is 494 g/mol. The Balaban J connectivity index is 1.34. The van der Waals surface area contributed by atoms with Crippen molar-refractivity contribution in [3.8, 4) is 0 Å². The molecule has 156 valence electrons. The molecule has 0 aromatic heterocycles. The molecule has 0 aliphatic carbocycles. The Labute approximate surface area is 206 Å². The van der Waals surface area contributed by atoms with Crippen molar-refractivity contribution in [2.75, 3.05) is 12.5 Å². The molecule has 0 aliphatic heterocycles. The zero-order chi connectivity index (χ0) is 21.5. The number of thioether (sulfide) groups is 2. The highest BCUT2D eigenvalue weighted by molar-refractivity contribution is 8.00. The SMILES string of the molecule is CSc1ccc(Sc2ccc(Sc3ccc(Sc4ccc(SC)cc4)cc3)cc2)cc1. The third kappa shape index (κ3) is 6.80. The second kappa shape index (κ2) is 11.5. The fraction of sp³-hybridized carbons (Fsp3) is 0.0769. The highest BCUT2D eigenvalue weighted by Gasteiger charge is 2.03. The second-order valence-electron chi connectivity index (χ2n) is 6.60. The molecule has 4 aromatic carbocycles. The molecule has 4 rings (SSSR count). The predicted octanol–water partition coefficient (Wildman–Crippen LogP) is 9.58. The zero-order valence-electron chi connectivity index (χ0n) is 17.3. The van der Waals surface area contributed by atoms with Gasteiger partial charge in [-0.25, -0.2) is 0 Å². The van der Waals surface area contributed by atoms with E-state index in [0.717, 1.165) is 0 Å². The van der Waals surface area contributed by atoms with Crippen LogP contribution in [0.1, 0.15) is 0 Å². The van der Waals surface area contributed by atoms with Crippen LogP contribution >= 0.6 is 58.8 Å².